The quantitative estimate of drug-likeness (QED) is 0.789. The summed E-state index contributed by atoms with van der Waals surface area (Å²) in [6.07, 6.45) is 2.10. The molecule has 0 aliphatic heterocycles. The van der Waals surface area contributed by atoms with E-state index in [1.807, 2.05) is 7.05 Å². The van der Waals surface area contributed by atoms with Crippen molar-refractivity contribution in [2.24, 2.45) is 12.8 Å². The Morgan fingerprint density at radius 1 is 1.44 bits per heavy atom. The van der Waals surface area contributed by atoms with E-state index in [9.17, 15) is 4.79 Å². The fourth-order valence-corrected chi connectivity index (χ4v) is 2.11. The molecule has 0 unspecified atom stereocenters. The number of anilines is 1. The van der Waals surface area contributed by atoms with E-state index in [0.29, 0.717) is 12.5 Å². The Morgan fingerprint density at radius 2 is 2.17 bits per heavy atom. The van der Waals surface area contributed by atoms with Gasteiger partial charge < -0.3 is 11.5 Å². The number of carbonyl (C=O) groups excluding carboxylic acids is 1. The number of nitrogens with zero attached hydrogens (tertiary/aromatic N) is 4. The summed E-state index contributed by atoms with van der Waals surface area (Å²) in [6, 6.07) is 0. The summed E-state index contributed by atoms with van der Waals surface area (Å²) in [5.74, 6) is 0.0452. The van der Waals surface area contributed by atoms with Gasteiger partial charge in [-0.15, -0.1) is 0 Å². The zero-order valence-corrected chi connectivity index (χ0v) is 10.7. The van der Waals surface area contributed by atoms with Crippen LogP contribution in [-0.2, 0) is 24.8 Å². The Morgan fingerprint density at radius 3 is 2.78 bits per heavy atom. The van der Waals surface area contributed by atoms with Gasteiger partial charge in [-0.05, 0) is 6.42 Å². The lowest BCUT2D eigenvalue weighted by atomic mass is 10.2. The molecule has 0 spiro atoms. The lowest BCUT2D eigenvalue weighted by molar-refractivity contribution is -0.118. The topological polar surface area (TPSA) is 105 Å². The third kappa shape index (κ3) is 2.03. The molecule has 0 bridgehead atoms. The first-order valence-electron chi connectivity index (χ1n) is 6.00. The fourth-order valence-electron chi connectivity index (χ4n) is 2.11. The van der Waals surface area contributed by atoms with Gasteiger partial charge in [0.2, 0.25) is 11.9 Å². The summed E-state index contributed by atoms with van der Waals surface area (Å²) in [5.41, 5.74) is 13.6. The highest BCUT2D eigenvalue weighted by Gasteiger charge is 2.17. The molecule has 0 aliphatic rings. The van der Waals surface area contributed by atoms with Gasteiger partial charge >= 0.3 is 0 Å². The van der Waals surface area contributed by atoms with Crippen LogP contribution in [0.5, 0.6) is 0 Å². The first kappa shape index (κ1) is 12.4. The normalized spacial score (nSPS) is 11.2. The molecule has 4 N–H and O–H groups in total. The molecule has 18 heavy (non-hydrogen) atoms. The first-order valence-corrected chi connectivity index (χ1v) is 6.00. The van der Waals surface area contributed by atoms with Crippen LogP contribution >= 0.6 is 0 Å². The van der Waals surface area contributed by atoms with Crippen LogP contribution in [0.2, 0.25) is 0 Å². The van der Waals surface area contributed by atoms with E-state index < -0.39 is 0 Å². The maximum Gasteiger partial charge on any atom is 0.219 e. The standard InChI is InChI=1S/C11H18N6O/c1-3-4-7-9-10(16(2)15-7)17(11(13)14-9)6-5-8(12)18/h3-6H2,1-2H3,(H2,12,18)(H2,13,14). The summed E-state index contributed by atoms with van der Waals surface area (Å²) in [4.78, 5) is 15.2. The molecule has 0 aromatic carbocycles. The highest BCUT2D eigenvalue weighted by molar-refractivity contribution is 5.78. The van der Waals surface area contributed by atoms with Crippen molar-refractivity contribution in [2.45, 2.75) is 32.7 Å². The van der Waals surface area contributed by atoms with Crippen molar-refractivity contribution >= 4 is 23.0 Å². The number of imidazole rings is 1. The summed E-state index contributed by atoms with van der Waals surface area (Å²) in [6.45, 7) is 2.52. The van der Waals surface area contributed by atoms with Gasteiger partial charge in [0.1, 0.15) is 5.52 Å². The average Bonchev–Trinajstić information content (AvgIpc) is 2.76. The number of aryl methyl sites for hydroxylation is 3. The molecule has 0 saturated carbocycles. The first-order chi connectivity index (χ1) is 8.54. The van der Waals surface area contributed by atoms with Gasteiger partial charge in [0.05, 0.1) is 5.69 Å². The maximum absolute atomic E-state index is 10.9. The number of amides is 1. The molecule has 0 fully saturated rings. The number of hydrogen-bond acceptors (Lipinski definition) is 4. The predicted octanol–water partition coefficient (Wildman–Crippen LogP) is 0.180. The van der Waals surface area contributed by atoms with E-state index in [1.54, 1.807) is 9.25 Å². The van der Waals surface area contributed by atoms with Crippen molar-refractivity contribution < 1.29 is 4.79 Å². The van der Waals surface area contributed by atoms with E-state index in [0.717, 1.165) is 29.7 Å². The predicted molar refractivity (Wildman–Crippen MR) is 68.7 cm³/mol. The second-order valence-electron chi connectivity index (χ2n) is 4.33. The minimum Gasteiger partial charge on any atom is -0.370 e. The largest absolute Gasteiger partial charge is 0.370 e. The zero-order chi connectivity index (χ0) is 13.3. The lowest BCUT2D eigenvalue weighted by Gasteiger charge is -2.04. The minimum atomic E-state index is -0.354. The van der Waals surface area contributed by atoms with E-state index >= 15 is 0 Å². The summed E-state index contributed by atoms with van der Waals surface area (Å²) >= 11 is 0. The highest BCUT2D eigenvalue weighted by Crippen LogP contribution is 2.22. The lowest BCUT2D eigenvalue weighted by Crippen LogP contribution is -2.15. The number of fused-ring (bicyclic) bond motifs is 1. The van der Waals surface area contributed by atoms with E-state index in [4.69, 9.17) is 11.5 Å². The van der Waals surface area contributed by atoms with Crippen LogP contribution in [-0.4, -0.2) is 25.2 Å². The zero-order valence-electron chi connectivity index (χ0n) is 10.7. The van der Waals surface area contributed by atoms with Crippen LogP contribution in [0, 0.1) is 0 Å². The number of primary amides is 1. The monoisotopic (exact) mass is 250 g/mol. The number of nitrogen functional groups attached to an aromatic ring is 1. The van der Waals surface area contributed by atoms with E-state index in [-0.39, 0.29) is 12.3 Å². The molecule has 2 aromatic heterocycles. The van der Waals surface area contributed by atoms with Crippen LogP contribution < -0.4 is 11.5 Å². The van der Waals surface area contributed by atoms with Crippen molar-refractivity contribution in [3.63, 3.8) is 0 Å². The van der Waals surface area contributed by atoms with Gasteiger partial charge in [0.15, 0.2) is 5.65 Å². The molecule has 7 nitrogen and oxygen atoms in total. The van der Waals surface area contributed by atoms with Gasteiger partial charge in [-0.3, -0.25) is 14.0 Å². The molecule has 1 amide bonds. The summed E-state index contributed by atoms with van der Waals surface area (Å²) < 4.78 is 3.54. The van der Waals surface area contributed by atoms with Crippen molar-refractivity contribution in [3.05, 3.63) is 5.69 Å². The Labute approximate surface area is 105 Å². The van der Waals surface area contributed by atoms with E-state index in [1.165, 1.54) is 0 Å². The molecule has 2 aromatic rings. The van der Waals surface area contributed by atoms with Crippen LogP contribution in [0.1, 0.15) is 25.5 Å². The number of aromatic nitrogens is 4. The van der Waals surface area contributed by atoms with Crippen molar-refractivity contribution in [2.75, 3.05) is 5.73 Å². The number of hydrogen-bond donors (Lipinski definition) is 2. The van der Waals surface area contributed by atoms with Gasteiger partial charge in [0, 0.05) is 20.0 Å². The molecule has 2 rings (SSSR count). The second kappa shape index (κ2) is 4.67. The molecule has 0 aliphatic carbocycles. The SMILES string of the molecule is CCCc1nn(C)c2c1nc(N)n2CCC(N)=O. The minimum absolute atomic E-state index is 0.240. The average molecular weight is 250 g/mol. The summed E-state index contributed by atoms with van der Waals surface area (Å²) in [5, 5.41) is 4.43. The molecule has 2 heterocycles. The van der Waals surface area contributed by atoms with Gasteiger partial charge in [-0.1, -0.05) is 13.3 Å². The van der Waals surface area contributed by atoms with Gasteiger partial charge in [-0.2, -0.15) is 5.10 Å². The number of rotatable bonds is 5. The Kier molecular flexibility index (Phi) is 3.22. The van der Waals surface area contributed by atoms with Crippen molar-refractivity contribution in [1.29, 1.82) is 0 Å². The van der Waals surface area contributed by atoms with Crippen LogP contribution in [0.4, 0.5) is 5.95 Å². The van der Waals surface area contributed by atoms with Crippen molar-refractivity contribution in [3.8, 4) is 0 Å². The molecule has 98 valence electrons. The van der Waals surface area contributed by atoms with Crippen LogP contribution in [0.25, 0.3) is 11.2 Å². The van der Waals surface area contributed by atoms with Gasteiger partial charge in [0.25, 0.3) is 0 Å². The molecule has 0 saturated heterocycles. The molecule has 0 radical (unpaired) electrons. The molecule has 7 heteroatoms. The Hall–Kier alpha value is -2.05. The van der Waals surface area contributed by atoms with E-state index in [2.05, 4.69) is 17.0 Å². The maximum atomic E-state index is 10.9. The third-order valence-electron chi connectivity index (χ3n) is 2.89. The highest BCUT2D eigenvalue weighted by atomic mass is 16.1. The third-order valence-corrected chi connectivity index (χ3v) is 2.89. The van der Waals surface area contributed by atoms with Crippen LogP contribution in [0.15, 0.2) is 0 Å². The molecular formula is C11H18N6O. The Bertz CT molecular complexity index is 582. The Balaban J connectivity index is 2.46. The smallest absolute Gasteiger partial charge is 0.219 e. The van der Waals surface area contributed by atoms with Crippen molar-refractivity contribution in [1.82, 2.24) is 19.3 Å². The molecule has 0 atom stereocenters. The summed E-state index contributed by atoms with van der Waals surface area (Å²) in [7, 11) is 1.85. The molecular weight excluding hydrogens is 232 g/mol. The van der Waals surface area contributed by atoms with Crippen LogP contribution in [0.3, 0.4) is 0 Å². The van der Waals surface area contributed by atoms with Gasteiger partial charge in [-0.25, -0.2) is 4.98 Å². The number of nitrogens with two attached hydrogens (primary N) is 2. The fraction of sp³-hybridized carbons (Fsp3) is 0.545. The second-order valence-corrected chi connectivity index (χ2v) is 4.33. The number of carbonyl (C=O) groups is 1.